The number of aliphatic imine (C=N–C) groups is 1. The lowest BCUT2D eigenvalue weighted by Crippen LogP contribution is -2.38. The van der Waals surface area contributed by atoms with E-state index in [1.54, 1.807) is 21.3 Å². The number of benzene rings is 1. The number of nitrogens with one attached hydrogen (secondary N) is 2. The van der Waals surface area contributed by atoms with Gasteiger partial charge in [-0.25, -0.2) is 0 Å². The number of hydrogen-bond donors (Lipinski definition) is 2. The lowest BCUT2D eigenvalue weighted by Gasteiger charge is -2.12. The largest absolute Gasteiger partial charge is 0.493 e. The second kappa shape index (κ2) is 11.0. The zero-order chi connectivity index (χ0) is 18.6. The molecule has 6 heteroatoms. The summed E-state index contributed by atoms with van der Waals surface area (Å²) in [6.07, 6.45) is 4.64. The summed E-state index contributed by atoms with van der Waals surface area (Å²) in [6.45, 7) is 1.64. The maximum atomic E-state index is 5.34. The summed E-state index contributed by atoms with van der Waals surface area (Å²) in [6, 6.07) is 12.0. The number of guanidine groups is 1. The predicted octanol–water partition coefficient (Wildman–Crippen LogP) is 2.44. The minimum absolute atomic E-state index is 0.756. The number of aromatic nitrogens is 1. The van der Waals surface area contributed by atoms with Gasteiger partial charge in [0.1, 0.15) is 0 Å². The molecule has 2 aromatic rings. The Kier molecular flexibility index (Phi) is 8.26. The third-order valence-electron chi connectivity index (χ3n) is 4.01. The van der Waals surface area contributed by atoms with Crippen molar-refractivity contribution in [2.45, 2.75) is 19.3 Å². The molecule has 0 aliphatic heterocycles. The van der Waals surface area contributed by atoms with Crippen LogP contribution in [0.5, 0.6) is 11.5 Å². The third kappa shape index (κ3) is 6.27. The van der Waals surface area contributed by atoms with Gasteiger partial charge in [-0.1, -0.05) is 12.1 Å². The molecule has 26 heavy (non-hydrogen) atoms. The Morgan fingerprint density at radius 3 is 2.50 bits per heavy atom. The highest BCUT2D eigenvalue weighted by Crippen LogP contribution is 2.27. The van der Waals surface area contributed by atoms with Crippen LogP contribution >= 0.6 is 0 Å². The molecule has 0 atom stereocenters. The highest BCUT2D eigenvalue weighted by atomic mass is 16.5. The van der Waals surface area contributed by atoms with E-state index in [0.29, 0.717) is 0 Å². The smallest absolute Gasteiger partial charge is 0.190 e. The van der Waals surface area contributed by atoms with Crippen molar-refractivity contribution in [1.82, 2.24) is 15.6 Å². The van der Waals surface area contributed by atoms with E-state index in [9.17, 15) is 0 Å². The lowest BCUT2D eigenvalue weighted by atomic mass is 10.1. The van der Waals surface area contributed by atoms with Crippen LogP contribution in [0.3, 0.4) is 0 Å². The number of hydrogen-bond acceptors (Lipinski definition) is 4. The average Bonchev–Trinajstić information content (AvgIpc) is 2.70. The van der Waals surface area contributed by atoms with Gasteiger partial charge in [0.05, 0.1) is 14.2 Å². The van der Waals surface area contributed by atoms with Crippen LogP contribution in [0.4, 0.5) is 0 Å². The zero-order valence-electron chi connectivity index (χ0n) is 15.8. The fraction of sp³-hybridized carbons (Fsp3) is 0.400. The van der Waals surface area contributed by atoms with Gasteiger partial charge in [-0.2, -0.15) is 0 Å². The molecule has 0 aliphatic rings. The second-order valence-corrected chi connectivity index (χ2v) is 5.79. The van der Waals surface area contributed by atoms with Crippen LogP contribution in [0.25, 0.3) is 0 Å². The molecule has 1 aromatic carbocycles. The quantitative estimate of drug-likeness (QED) is 0.410. The number of rotatable bonds is 9. The van der Waals surface area contributed by atoms with Crippen molar-refractivity contribution in [1.29, 1.82) is 0 Å². The molecule has 140 valence electrons. The first-order chi connectivity index (χ1) is 12.8. The zero-order valence-corrected chi connectivity index (χ0v) is 15.8. The van der Waals surface area contributed by atoms with Gasteiger partial charge in [0.25, 0.3) is 0 Å². The van der Waals surface area contributed by atoms with E-state index in [1.165, 1.54) is 5.56 Å². The molecular formula is C20H28N4O2. The minimum atomic E-state index is 0.756. The molecule has 0 saturated heterocycles. The van der Waals surface area contributed by atoms with E-state index in [2.05, 4.69) is 26.7 Å². The van der Waals surface area contributed by atoms with Crippen LogP contribution in [0.1, 0.15) is 17.7 Å². The van der Waals surface area contributed by atoms with E-state index < -0.39 is 0 Å². The second-order valence-electron chi connectivity index (χ2n) is 5.79. The fourth-order valence-electron chi connectivity index (χ4n) is 2.61. The van der Waals surface area contributed by atoms with Gasteiger partial charge in [0.15, 0.2) is 17.5 Å². The molecule has 0 spiro atoms. The number of pyridine rings is 1. The van der Waals surface area contributed by atoms with Crippen LogP contribution in [-0.2, 0) is 12.8 Å². The first kappa shape index (κ1) is 19.6. The standard InChI is InChI=1S/C20H28N4O2/c1-21-20(24-14-11-17-8-4-5-12-22-17)23-13-6-7-16-9-10-18(25-2)19(15-16)26-3/h4-5,8-10,12,15H,6-7,11,13-14H2,1-3H3,(H2,21,23,24). The van der Waals surface area contributed by atoms with E-state index in [4.69, 9.17) is 9.47 Å². The molecule has 0 bridgehead atoms. The lowest BCUT2D eigenvalue weighted by molar-refractivity contribution is 0.354. The average molecular weight is 356 g/mol. The minimum Gasteiger partial charge on any atom is -0.493 e. The van der Waals surface area contributed by atoms with E-state index >= 15 is 0 Å². The monoisotopic (exact) mass is 356 g/mol. The molecule has 2 N–H and O–H groups in total. The molecule has 0 fully saturated rings. The molecule has 0 amide bonds. The molecule has 0 unspecified atom stereocenters. The Morgan fingerprint density at radius 2 is 1.81 bits per heavy atom. The van der Waals surface area contributed by atoms with E-state index in [1.807, 2.05) is 36.5 Å². The Labute approximate surface area is 155 Å². The van der Waals surface area contributed by atoms with Gasteiger partial charge >= 0.3 is 0 Å². The first-order valence-corrected chi connectivity index (χ1v) is 8.82. The Morgan fingerprint density at radius 1 is 1.00 bits per heavy atom. The molecule has 0 radical (unpaired) electrons. The number of ether oxygens (including phenoxy) is 2. The summed E-state index contributed by atoms with van der Waals surface area (Å²) >= 11 is 0. The summed E-state index contributed by atoms with van der Waals surface area (Å²) in [5.41, 5.74) is 2.30. The predicted molar refractivity (Wildman–Crippen MR) is 105 cm³/mol. The Balaban J connectivity index is 1.69. The van der Waals surface area contributed by atoms with Gasteiger partial charge in [-0.15, -0.1) is 0 Å². The summed E-state index contributed by atoms with van der Waals surface area (Å²) in [5.74, 6) is 2.34. The van der Waals surface area contributed by atoms with Crippen molar-refractivity contribution >= 4 is 5.96 Å². The van der Waals surface area contributed by atoms with Crippen molar-refractivity contribution in [3.63, 3.8) is 0 Å². The number of nitrogens with zero attached hydrogens (tertiary/aromatic N) is 2. The topological polar surface area (TPSA) is 67.8 Å². The van der Waals surface area contributed by atoms with Crippen molar-refractivity contribution in [3.8, 4) is 11.5 Å². The normalized spacial score (nSPS) is 11.1. The Hall–Kier alpha value is -2.76. The highest BCUT2D eigenvalue weighted by molar-refractivity contribution is 5.79. The SMILES string of the molecule is CN=C(NCCCc1ccc(OC)c(OC)c1)NCCc1ccccn1. The third-order valence-corrected chi connectivity index (χ3v) is 4.01. The van der Waals surface area contributed by atoms with Crippen LogP contribution < -0.4 is 20.1 Å². The first-order valence-electron chi connectivity index (χ1n) is 8.82. The van der Waals surface area contributed by atoms with Gasteiger partial charge in [-0.3, -0.25) is 9.98 Å². The molecule has 1 aromatic heterocycles. The summed E-state index contributed by atoms with van der Waals surface area (Å²) in [5, 5.41) is 6.65. The van der Waals surface area contributed by atoms with Gasteiger partial charge in [-0.05, 0) is 42.7 Å². The van der Waals surface area contributed by atoms with E-state index in [-0.39, 0.29) is 0 Å². The fourth-order valence-corrected chi connectivity index (χ4v) is 2.61. The maximum Gasteiger partial charge on any atom is 0.190 e. The van der Waals surface area contributed by atoms with Gasteiger partial charge < -0.3 is 20.1 Å². The van der Waals surface area contributed by atoms with Gasteiger partial charge in [0.2, 0.25) is 0 Å². The highest BCUT2D eigenvalue weighted by Gasteiger charge is 2.04. The Bertz CT molecular complexity index is 689. The number of methoxy groups -OCH3 is 2. The maximum absolute atomic E-state index is 5.34. The van der Waals surface area contributed by atoms with Crippen LogP contribution in [0.2, 0.25) is 0 Å². The summed E-state index contributed by atoms with van der Waals surface area (Å²) in [4.78, 5) is 8.57. The van der Waals surface area contributed by atoms with Gasteiger partial charge in [0, 0.05) is 38.4 Å². The van der Waals surface area contributed by atoms with Crippen LogP contribution in [0, 0.1) is 0 Å². The van der Waals surface area contributed by atoms with Crippen LogP contribution in [0.15, 0.2) is 47.6 Å². The number of aryl methyl sites for hydroxylation is 1. The van der Waals surface area contributed by atoms with E-state index in [0.717, 1.165) is 55.5 Å². The molecule has 2 rings (SSSR count). The van der Waals surface area contributed by atoms with Crippen molar-refractivity contribution in [2.24, 2.45) is 4.99 Å². The molecule has 0 aliphatic carbocycles. The van der Waals surface area contributed by atoms with Crippen LogP contribution in [-0.4, -0.2) is 45.3 Å². The molecular weight excluding hydrogens is 328 g/mol. The molecule has 0 saturated carbocycles. The summed E-state index contributed by atoms with van der Waals surface area (Å²) in [7, 11) is 5.09. The van der Waals surface area contributed by atoms with Crippen molar-refractivity contribution in [2.75, 3.05) is 34.4 Å². The summed E-state index contributed by atoms with van der Waals surface area (Å²) < 4.78 is 10.6. The van der Waals surface area contributed by atoms with Crippen molar-refractivity contribution < 1.29 is 9.47 Å². The molecule has 6 nitrogen and oxygen atoms in total. The van der Waals surface area contributed by atoms with Crippen molar-refractivity contribution in [3.05, 3.63) is 53.9 Å². The molecule has 1 heterocycles.